The van der Waals surface area contributed by atoms with Gasteiger partial charge in [-0.15, -0.1) is 23.2 Å². The van der Waals surface area contributed by atoms with E-state index in [1.54, 1.807) is 31.4 Å². The molecule has 0 radical (unpaired) electrons. The summed E-state index contributed by atoms with van der Waals surface area (Å²) in [4.78, 5) is 0. The van der Waals surface area contributed by atoms with Gasteiger partial charge in [-0.1, -0.05) is 12.1 Å². The second kappa shape index (κ2) is 10.7. The Morgan fingerprint density at radius 2 is 1.38 bits per heavy atom. The molecule has 0 aliphatic rings. The van der Waals surface area contributed by atoms with Crippen LogP contribution in [0.25, 0.3) is 11.0 Å². The van der Waals surface area contributed by atoms with Gasteiger partial charge in [0, 0.05) is 11.3 Å². The maximum absolute atomic E-state index is 12.4. The molecule has 3 nitrogen and oxygen atoms in total. The SMILES string of the molecule is COc1ccc2oc(CCl)cc2c1.FC(F)(F)c1ccc(Oc2ccc(CCl)cc2)cc1. The first kappa shape index (κ1) is 23.8. The van der Waals surface area contributed by atoms with Crippen LogP contribution in [0, 0.1) is 0 Å². The van der Waals surface area contributed by atoms with Crippen LogP contribution in [-0.2, 0) is 17.9 Å². The highest BCUT2D eigenvalue weighted by Crippen LogP contribution is 2.31. The lowest BCUT2D eigenvalue weighted by atomic mass is 10.2. The third kappa shape index (κ3) is 6.34. The molecule has 0 unspecified atom stereocenters. The highest BCUT2D eigenvalue weighted by atomic mass is 35.5. The highest BCUT2D eigenvalue weighted by Gasteiger charge is 2.30. The van der Waals surface area contributed by atoms with Gasteiger partial charge >= 0.3 is 6.18 Å². The monoisotopic (exact) mass is 482 g/mol. The van der Waals surface area contributed by atoms with E-state index in [0.717, 1.165) is 40.2 Å². The second-order valence-electron chi connectivity index (χ2n) is 6.65. The third-order valence-corrected chi connectivity index (χ3v) is 4.97. The van der Waals surface area contributed by atoms with Gasteiger partial charge in [0.05, 0.1) is 18.6 Å². The number of fused-ring (bicyclic) bond motifs is 1. The van der Waals surface area contributed by atoms with E-state index in [0.29, 0.717) is 23.3 Å². The van der Waals surface area contributed by atoms with Gasteiger partial charge < -0.3 is 13.9 Å². The zero-order chi connectivity index (χ0) is 23.1. The number of furan rings is 1. The van der Waals surface area contributed by atoms with E-state index < -0.39 is 11.7 Å². The third-order valence-electron chi connectivity index (χ3n) is 4.40. The predicted molar refractivity (Wildman–Crippen MR) is 120 cm³/mol. The molecule has 1 heterocycles. The summed E-state index contributed by atoms with van der Waals surface area (Å²) in [5, 5.41) is 1.02. The number of alkyl halides is 5. The average Bonchev–Trinajstić information content (AvgIpc) is 3.22. The van der Waals surface area contributed by atoms with Gasteiger partial charge in [0.15, 0.2) is 0 Å². The van der Waals surface area contributed by atoms with Gasteiger partial charge in [-0.2, -0.15) is 13.2 Å². The van der Waals surface area contributed by atoms with Gasteiger partial charge in [-0.3, -0.25) is 0 Å². The fraction of sp³-hybridized carbons (Fsp3) is 0.167. The van der Waals surface area contributed by atoms with Crippen molar-refractivity contribution in [2.24, 2.45) is 0 Å². The van der Waals surface area contributed by atoms with Gasteiger partial charge in [-0.05, 0) is 66.2 Å². The zero-order valence-corrected chi connectivity index (χ0v) is 18.5. The number of hydrogen-bond acceptors (Lipinski definition) is 3. The Morgan fingerprint density at radius 3 is 1.91 bits per heavy atom. The lowest BCUT2D eigenvalue weighted by Gasteiger charge is -2.09. The van der Waals surface area contributed by atoms with Gasteiger partial charge in [0.1, 0.15) is 28.6 Å². The normalized spacial score (nSPS) is 11.1. The maximum Gasteiger partial charge on any atom is 0.416 e. The second-order valence-corrected chi connectivity index (χ2v) is 7.19. The summed E-state index contributed by atoms with van der Waals surface area (Å²) in [5.41, 5.74) is 1.09. The van der Waals surface area contributed by atoms with Crippen LogP contribution >= 0.6 is 23.2 Å². The molecule has 0 fully saturated rings. The van der Waals surface area contributed by atoms with E-state index >= 15 is 0 Å². The van der Waals surface area contributed by atoms with E-state index in [9.17, 15) is 13.2 Å². The topological polar surface area (TPSA) is 31.6 Å². The molecule has 0 atom stereocenters. The number of hydrogen-bond donors (Lipinski definition) is 0. The lowest BCUT2D eigenvalue weighted by molar-refractivity contribution is -0.137. The predicted octanol–water partition coefficient (Wildman–Crippen LogP) is 8.42. The van der Waals surface area contributed by atoms with E-state index in [1.807, 2.05) is 24.3 Å². The van der Waals surface area contributed by atoms with Crippen LogP contribution in [0.15, 0.2) is 77.2 Å². The van der Waals surface area contributed by atoms with Crippen molar-refractivity contribution in [3.63, 3.8) is 0 Å². The van der Waals surface area contributed by atoms with Crippen molar-refractivity contribution in [1.82, 2.24) is 0 Å². The minimum absolute atomic E-state index is 0.353. The first-order valence-electron chi connectivity index (χ1n) is 9.45. The molecule has 0 saturated heterocycles. The van der Waals surface area contributed by atoms with Crippen LogP contribution in [0.1, 0.15) is 16.9 Å². The number of benzene rings is 3. The van der Waals surface area contributed by atoms with Crippen LogP contribution in [-0.4, -0.2) is 7.11 Å². The summed E-state index contributed by atoms with van der Waals surface area (Å²) in [6, 6.07) is 19.2. The van der Waals surface area contributed by atoms with Crippen molar-refractivity contribution >= 4 is 34.2 Å². The van der Waals surface area contributed by atoms with Gasteiger partial charge in [0.2, 0.25) is 0 Å². The van der Waals surface area contributed by atoms with Gasteiger partial charge in [-0.25, -0.2) is 0 Å². The van der Waals surface area contributed by atoms with Crippen LogP contribution < -0.4 is 9.47 Å². The highest BCUT2D eigenvalue weighted by molar-refractivity contribution is 6.17. The first-order chi connectivity index (χ1) is 15.3. The first-order valence-corrected chi connectivity index (χ1v) is 10.5. The zero-order valence-electron chi connectivity index (χ0n) is 17.0. The lowest BCUT2D eigenvalue weighted by Crippen LogP contribution is -2.03. The van der Waals surface area contributed by atoms with Crippen molar-refractivity contribution in [1.29, 1.82) is 0 Å². The van der Waals surface area contributed by atoms with Crippen molar-refractivity contribution in [3.05, 3.63) is 89.7 Å². The Bertz CT molecular complexity index is 1140. The molecule has 3 aromatic carbocycles. The molecule has 0 aliphatic carbocycles. The fourth-order valence-electron chi connectivity index (χ4n) is 2.76. The maximum atomic E-state index is 12.4. The Hall–Kier alpha value is -2.83. The molecule has 0 N–H and O–H groups in total. The number of halogens is 5. The Morgan fingerprint density at radius 1 is 0.781 bits per heavy atom. The molecule has 4 aromatic rings. The van der Waals surface area contributed by atoms with Crippen LogP contribution in [0.5, 0.6) is 17.2 Å². The molecular weight excluding hydrogens is 464 g/mol. The summed E-state index contributed by atoms with van der Waals surface area (Å²) >= 11 is 11.3. The van der Waals surface area contributed by atoms with Crippen LogP contribution in [0.4, 0.5) is 13.2 Å². The Balaban J connectivity index is 0.000000193. The molecule has 1 aromatic heterocycles. The summed E-state index contributed by atoms with van der Waals surface area (Å²) in [6.45, 7) is 0. The van der Waals surface area contributed by atoms with E-state index in [-0.39, 0.29) is 0 Å². The number of rotatable bonds is 5. The van der Waals surface area contributed by atoms with Crippen molar-refractivity contribution < 1.29 is 27.1 Å². The van der Waals surface area contributed by atoms with E-state index in [4.69, 9.17) is 37.1 Å². The fourth-order valence-corrected chi connectivity index (χ4v) is 3.07. The molecule has 168 valence electrons. The number of ether oxygens (including phenoxy) is 2. The molecule has 32 heavy (non-hydrogen) atoms. The van der Waals surface area contributed by atoms with Crippen LogP contribution in [0.3, 0.4) is 0 Å². The summed E-state index contributed by atoms with van der Waals surface area (Å²) in [6.07, 6.45) is -4.33. The molecule has 0 saturated carbocycles. The molecule has 0 aliphatic heterocycles. The molecule has 0 bridgehead atoms. The molecule has 8 heteroatoms. The quantitative estimate of drug-likeness (QED) is 0.267. The summed E-state index contributed by atoms with van der Waals surface area (Å²) < 4.78 is 53.1. The minimum Gasteiger partial charge on any atom is -0.497 e. The molecule has 4 rings (SSSR count). The minimum atomic E-state index is -4.33. The summed E-state index contributed by atoms with van der Waals surface area (Å²) in [7, 11) is 1.64. The largest absolute Gasteiger partial charge is 0.497 e. The molecule has 0 spiro atoms. The Kier molecular flexibility index (Phi) is 7.94. The number of methoxy groups -OCH3 is 1. The van der Waals surface area contributed by atoms with Crippen molar-refractivity contribution in [2.45, 2.75) is 17.9 Å². The average molecular weight is 483 g/mol. The van der Waals surface area contributed by atoms with E-state index in [1.165, 1.54) is 12.1 Å². The van der Waals surface area contributed by atoms with E-state index in [2.05, 4.69) is 0 Å². The van der Waals surface area contributed by atoms with Crippen molar-refractivity contribution in [3.8, 4) is 17.2 Å². The molecule has 0 amide bonds. The van der Waals surface area contributed by atoms with Crippen molar-refractivity contribution in [2.75, 3.05) is 7.11 Å². The van der Waals surface area contributed by atoms with Gasteiger partial charge in [0.25, 0.3) is 0 Å². The summed E-state index contributed by atoms with van der Waals surface area (Å²) in [5.74, 6) is 3.32. The smallest absolute Gasteiger partial charge is 0.416 e. The Labute approximate surface area is 193 Å². The molecular formula is C24H19Cl2F3O3. The standard InChI is InChI=1S/C14H10ClF3O.C10H9ClO2/c15-9-10-1-5-12(6-2-10)19-13-7-3-11(4-8-13)14(16,17)18;1-12-8-2-3-10-7(4-8)5-9(6-11)13-10/h1-8H,9H2;2-5H,6H2,1H3. The van der Waals surface area contributed by atoms with Crippen LogP contribution in [0.2, 0.25) is 0 Å².